The maximum absolute atomic E-state index is 5.77. The van der Waals surface area contributed by atoms with Crippen LogP contribution in [0.2, 0.25) is 0 Å². The summed E-state index contributed by atoms with van der Waals surface area (Å²) in [6, 6.07) is 14.3. The number of aryl methyl sites for hydroxylation is 1. The summed E-state index contributed by atoms with van der Waals surface area (Å²) in [5, 5.41) is 3.46. The lowest BCUT2D eigenvalue weighted by molar-refractivity contribution is 0.743. The highest BCUT2D eigenvalue weighted by molar-refractivity contribution is 7.80. The number of hydrogen-bond donors (Lipinski definition) is 2. The molecule has 3 nitrogen and oxygen atoms in total. The first kappa shape index (κ1) is 14.5. The van der Waals surface area contributed by atoms with Crippen LogP contribution in [0.4, 0.5) is 5.82 Å². The number of rotatable bonds is 5. The van der Waals surface area contributed by atoms with Crippen molar-refractivity contribution in [1.29, 1.82) is 0 Å². The highest BCUT2D eigenvalue weighted by atomic mass is 32.1. The van der Waals surface area contributed by atoms with E-state index >= 15 is 0 Å². The second kappa shape index (κ2) is 6.48. The van der Waals surface area contributed by atoms with Crippen LogP contribution in [0.25, 0.3) is 0 Å². The van der Waals surface area contributed by atoms with Crippen molar-refractivity contribution in [3.05, 3.63) is 59.3 Å². The van der Waals surface area contributed by atoms with Crippen molar-refractivity contribution in [3.8, 4) is 0 Å². The van der Waals surface area contributed by atoms with Crippen molar-refractivity contribution in [3.63, 3.8) is 0 Å². The summed E-state index contributed by atoms with van der Waals surface area (Å²) in [6.45, 7) is 4.10. The van der Waals surface area contributed by atoms with E-state index in [2.05, 4.69) is 29.4 Å². The summed E-state index contributed by atoms with van der Waals surface area (Å²) in [5.74, 6) is 0.758. The van der Waals surface area contributed by atoms with Gasteiger partial charge in [0.1, 0.15) is 10.8 Å². The third kappa shape index (κ3) is 3.33. The lowest BCUT2D eigenvalue weighted by Gasteiger charge is -2.20. The number of thiocarbonyl (C=S) groups is 1. The van der Waals surface area contributed by atoms with Gasteiger partial charge in [-0.05, 0) is 31.0 Å². The second-order valence-electron chi connectivity index (χ2n) is 4.73. The fraction of sp³-hybridized carbons (Fsp3) is 0.250. The summed E-state index contributed by atoms with van der Waals surface area (Å²) in [4.78, 5) is 4.89. The van der Waals surface area contributed by atoms with Gasteiger partial charge in [0.25, 0.3) is 0 Å². The number of nitrogens with two attached hydrogens (primary N) is 1. The Kier molecular flexibility index (Phi) is 4.69. The van der Waals surface area contributed by atoms with E-state index in [4.69, 9.17) is 18.0 Å². The molecule has 0 aliphatic rings. The molecule has 1 heterocycles. The molecule has 20 heavy (non-hydrogen) atoms. The van der Waals surface area contributed by atoms with E-state index in [1.807, 2.05) is 37.3 Å². The Hall–Kier alpha value is -1.94. The van der Waals surface area contributed by atoms with Crippen molar-refractivity contribution in [1.82, 2.24) is 4.98 Å². The zero-order valence-electron chi connectivity index (χ0n) is 11.8. The number of aromatic nitrogens is 1. The number of benzene rings is 1. The van der Waals surface area contributed by atoms with Crippen molar-refractivity contribution in [2.75, 3.05) is 5.32 Å². The van der Waals surface area contributed by atoms with E-state index in [1.54, 1.807) is 0 Å². The average Bonchev–Trinajstić information content (AvgIpc) is 2.45. The average molecular weight is 285 g/mol. The largest absolute Gasteiger partial charge is 0.389 e. The van der Waals surface area contributed by atoms with Crippen LogP contribution in [-0.2, 0) is 0 Å². The molecule has 1 unspecified atom stereocenters. The van der Waals surface area contributed by atoms with Crippen LogP contribution in [0.15, 0.2) is 42.5 Å². The molecule has 0 bridgehead atoms. The molecule has 3 N–H and O–H groups in total. The summed E-state index contributed by atoms with van der Waals surface area (Å²) >= 11 is 5.10. The Morgan fingerprint density at radius 2 is 1.95 bits per heavy atom. The molecule has 4 heteroatoms. The number of pyridine rings is 1. The summed E-state index contributed by atoms with van der Waals surface area (Å²) < 4.78 is 0. The third-order valence-electron chi connectivity index (χ3n) is 3.22. The summed E-state index contributed by atoms with van der Waals surface area (Å²) in [6.07, 6.45) is 0.955. The van der Waals surface area contributed by atoms with E-state index in [0.717, 1.165) is 23.5 Å². The minimum absolute atomic E-state index is 0.193. The number of nitrogens with one attached hydrogen (secondary N) is 1. The van der Waals surface area contributed by atoms with Crippen LogP contribution in [0.3, 0.4) is 0 Å². The molecule has 1 atom stereocenters. The number of hydrogen-bond acceptors (Lipinski definition) is 3. The molecule has 1 aromatic carbocycles. The minimum atomic E-state index is 0.193. The molecule has 0 aliphatic carbocycles. The molecular weight excluding hydrogens is 266 g/mol. The Morgan fingerprint density at radius 3 is 2.55 bits per heavy atom. The molecular formula is C16H19N3S. The smallest absolute Gasteiger partial charge is 0.136 e. The van der Waals surface area contributed by atoms with Gasteiger partial charge in [0, 0.05) is 5.69 Å². The van der Waals surface area contributed by atoms with Crippen LogP contribution in [-0.4, -0.2) is 9.97 Å². The first-order chi connectivity index (χ1) is 9.61. The molecule has 2 aromatic rings. The summed E-state index contributed by atoms with van der Waals surface area (Å²) in [5.41, 5.74) is 8.73. The Balaban J connectivity index is 2.32. The van der Waals surface area contributed by atoms with Gasteiger partial charge >= 0.3 is 0 Å². The molecule has 0 fully saturated rings. The molecule has 104 valence electrons. The van der Waals surface area contributed by atoms with Gasteiger partial charge in [-0.25, -0.2) is 4.98 Å². The van der Waals surface area contributed by atoms with E-state index in [0.29, 0.717) is 4.99 Å². The first-order valence-electron chi connectivity index (χ1n) is 6.70. The Bertz CT molecular complexity index is 596. The van der Waals surface area contributed by atoms with Gasteiger partial charge in [-0.1, -0.05) is 49.5 Å². The fourth-order valence-corrected chi connectivity index (χ4v) is 2.30. The first-order valence-corrected chi connectivity index (χ1v) is 7.11. The Morgan fingerprint density at radius 1 is 1.25 bits per heavy atom. The second-order valence-corrected chi connectivity index (χ2v) is 5.17. The number of anilines is 1. The Labute approximate surface area is 125 Å². The topological polar surface area (TPSA) is 50.9 Å². The predicted octanol–water partition coefficient (Wildman–Crippen LogP) is 3.59. The molecule has 0 radical (unpaired) electrons. The standard InChI is InChI=1S/C16H19N3S/c1-3-14(12-7-5-4-6-8-12)19-16-13(15(17)20)10-9-11(2)18-16/h4-10,14H,3H2,1-2H3,(H2,17,20)(H,18,19). The number of nitrogens with zero attached hydrogens (tertiary/aromatic N) is 1. The van der Waals surface area contributed by atoms with Crippen LogP contribution < -0.4 is 11.1 Å². The van der Waals surface area contributed by atoms with Gasteiger partial charge in [0.15, 0.2) is 0 Å². The monoisotopic (exact) mass is 285 g/mol. The highest BCUT2D eigenvalue weighted by Gasteiger charge is 2.13. The van der Waals surface area contributed by atoms with Crippen molar-refractivity contribution in [2.24, 2.45) is 5.73 Å². The molecule has 0 saturated heterocycles. The molecule has 2 rings (SSSR count). The zero-order chi connectivity index (χ0) is 14.5. The van der Waals surface area contributed by atoms with E-state index in [9.17, 15) is 0 Å². The van der Waals surface area contributed by atoms with E-state index in [-0.39, 0.29) is 6.04 Å². The quantitative estimate of drug-likeness (QED) is 0.824. The molecule has 0 amide bonds. The summed E-state index contributed by atoms with van der Waals surface area (Å²) in [7, 11) is 0. The molecule has 0 aliphatic heterocycles. The van der Waals surface area contributed by atoms with Gasteiger partial charge in [0.2, 0.25) is 0 Å². The van der Waals surface area contributed by atoms with Gasteiger partial charge in [0.05, 0.1) is 11.6 Å². The fourth-order valence-electron chi connectivity index (χ4n) is 2.14. The maximum Gasteiger partial charge on any atom is 0.136 e. The third-order valence-corrected chi connectivity index (χ3v) is 3.44. The zero-order valence-corrected chi connectivity index (χ0v) is 12.6. The molecule has 1 aromatic heterocycles. The van der Waals surface area contributed by atoms with Crippen LogP contribution >= 0.6 is 12.2 Å². The predicted molar refractivity (Wildman–Crippen MR) is 88.0 cm³/mol. The van der Waals surface area contributed by atoms with Crippen LogP contribution in [0, 0.1) is 6.92 Å². The van der Waals surface area contributed by atoms with Gasteiger partial charge < -0.3 is 11.1 Å². The van der Waals surface area contributed by atoms with E-state index < -0.39 is 0 Å². The van der Waals surface area contributed by atoms with Crippen molar-refractivity contribution < 1.29 is 0 Å². The highest BCUT2D eigenvalue weighted by Crippen LogP contribution is 2.23. The normalized spacial score (nSPS) is 11.9. The van der Waals surface area contributed by atoms with Gasteiger partial charge in [-0.2, -0.15) is 0 Å². The van der Waals surface area contributed by atoms with Crippen LogP contribution in [0.1, 0.15) is 36.2 Å². The maximum atomic E-state index is 5.77. The SMILES string of the molecule is CCC(Nc1nc(C)ccc1C(N)=S)c1ccccc1. The lowest BCUT2D eigenvalue weighted by Crippen LogP contribution is -2.17. The van der Waals surface area contributed by atoms with Gasteiger partial charge in [-0.3, -0.25) is 0 Å². The lowest BCUT2D eigenvalue weighted by atomic mass is 10.0. The molecule has 0 spiro atoms. The van der Waals surface area contributed by atoms with Gasteiger partial charge in [-0.15, -0.1) is 0 Å². The van der Waals surface area contributed by atoms with Crippen molar-refractivity contribution in [2.45, 2.75) is 26.3 Å². The molecule has 0 saturated carbocycles. The van der Waals surface area contributed by atoms with Crippen LogP contribution in [0.5, 0.6) is 0 Å². The van der Waals surface area contributed by atoms with Crippen molar-refractivity contribution >= 4 is 23.0 Å². The minimum Gasteiger partial charge on any atom is -0.389 e. The van der Waals surface area contributed by atoms with E-state index in [1.165, 1.54) is 5.56 Å².